The summed E-state index contributed by atoms with van der Waals surface area (Å²) in [4.78, 5) is 0. The van der Waals surface area contributed by atoms with Gasteiger partial charge in [-0.25, -0.2) is 0 Å². The topological polar surface area (TPSA) is 41.5 Å². The van der Waals surface area contributed by atoms with E-state index in [0.29, 0.717) is 11.1 Å². The third kappa shape index (κ3) is 3.73. The van der Waals surface area contributed by atoms with Gasteiger partial charge in [0.1, 0.15) is 5.75 Å². The Morgan fingerprint density at radius 1 is 1.44 bits per heavy atom. The quantitative estimate of drug-likeness (QED) is 0.799. The van der Waals surface area contributed by atoms with Crippen LogP contribution < -0.4 is 5.32 Å². The van der Waals surface area contributed by atoms with Crippen molar-refractivity contribution in [2.45, 2.75) is 13.0 Å². The van der Waals surface area contributed by atoms with Crippen LogP contribution in [0.1, 0.15) is 18.5 Å². The highest BCUT2D eigenvalue weighted by Crippen LogP contribution is 2.34. The molecule has 0 aliphatic heterocycles. The minimum Gasteiger partial charge on any atom is -0.506 e. The van der Waals surface area contributed by atoms with Gasteiger partial charge in [0.25, 0.3) is 0 Å². The molecular formula is C11H15Br2NO2. The molecule has 0 aliphatic rings. The second-order valence-electron chi connectivity index (χ2n) is 3.49. The molecule has 90 valence electrons. The SMILES string of the molecule is COCCNC(C)c1cc(Br)cc(Br)c1O. The van der Waals surface area contributed by atoms with E-state index in [1.165, 1.54) is 0 Å². The fraction of sp³-hybridized carbons (Fsp3) is 0.455. The number of ether oxygens (including phenoxy) is 1. The normalized spacial score (nSPS) is 12.8. The lowest BCUT2D eigenvalue weighted by Gasteiger charge is -2.16. The molecule has 1 aromatic carbocycles. The fourth-order valence-corrected chi connectivity index (χ4v) is 2.66. The van der Waals surface area contributed by atoms with Crippen molar-refractivity contribution >= 4 is 31.9 Å². The van der Waals surface area contributed by atoms with Crippen LogP contribution >= 0.6 is 31.9 Å². The molecule has 0 radical (unpaired) electrons. The van der Waals surface area contributed by atoms with Crippen LogP contribution in [0.2, 0.25) is 0 Å². The zero-order valence-corrected chi connectivity index (χ0v) is 12.4. The molecular weight excluding hydrogens is 338 g/mol. The molecule has 16 heavy (non-hydrogen) atoms. The van der Waals surface area contributed by atoms with Gasteiger partial charge in [0, 0.05) is 29.7 Å². The second-order valence-corrected chi connectivity index (χ2v) is 5.26. The number of nitrogens with one attached hydrogen (secondary N) is 1. The van der Waals surface area contributed by atoms with Crippen molar-refractivity contribution in [2.24, 2.45) is 0 Å². The van der Waals surface area contributed by atoms with Gasteiger partial charge >= 0.3 is 0 Å². The van der Waals surface area contributed by atoms with Crippen LogP contribution in [-0.4, -0.2) is 25.4 Å². The van der Waals surface area contributed by atoms with Crippen LogP contribution in [0.25, 0.3) is 0 Å². The first-order chi connectivity index (χ1) is 7.56. The van der Waals surface area contributed by atoms with Gasteiger partial charge in [-0.1, -0.05) is 15.9 Å². The van der Waals surface area contributed by atoms with Crippen LogP contribution in [0.3, 0.4) is 0 Å². The predicted molar refractivity (Wildman–Crippen MR) is 71.8 cm³/mol. The average molecular weight is 353 g/mol. The van der Waals surface area contributed by atoms with Crippen molar-refractivity contribution in [1.82, 2.24) is 5.32 Å². The molecule has 0 aliphatic carbocycles. The molecule has 0 amide bonds. The molecule has 0 heterocycles. The van der Waals surface area contributed by atoms with Gasteiger partial charge in [-0.2, -0.15) is 0 Å². The van der Waals surface area contributed by atoms with Crippen LogP contribution in [0.15, 0.2) is 21.1 Å². The molecule has 2 N–H and O–H groups in total. The third-order valence-electron chi connectivity index (χ3n) is 2.28. The van der Waals surface area contributed by atoms with E-state index in [2.05, 4.69) is 37.2 Å². The highest BCUT2D eigenvalue weighted by atomic mass is 79.9. The standard InChI is InChI=1S/C11H15Br2NO2/c1-7(14-3-4-16-2)9-5-8(12)6-10(13)11(9)15/h5-7,14-15H,3-4H2,1-2H3. The number of hydrogen-bond donors (Lipinski definition) is 2. The molecule has 5 heteroatoms. The number of benzene rings is 1. The van der Waals surface area contributed by atoms with Gasteiger partial charge in [-0.3, -0.25) is 0 Å². The first-order valence-corrected chi connectivity index (χ1v) is 6.55. The van der Waals surface area contributed by atoms with Gasteiger partial charge in [0.15, 0.2) is 0 Å². The Labute approximate surface area is 112 Å². The number of rotatable bonds is 5. The number of methoxy groups -OCH3 is 1. The molecule has 0 bridgehead atoms. The van der Waals surface area contributed by atoms with E-state index < -0.39 is 0 Å². The van der Waals surface area contributed by atoms with E-state index in [1.807, 2.05) is 19.1 Å². The lowest BCUT2D eigenvalue weighted by atomic mass is 10.1. The summed E-state index contributed by atoms with van der Waals surface area (Å²) in [7, 11) is 1.67. The van der Waals surface area contributed by atoms with E-state index in [-0.39, 0.29) is 11.8 Å². The van der Waals surface area contributed by atoms with Crippen molar-refractivity contribution in [3.8, 4) is 5.75 Å². The van der Waals surface area contributed by atoms with Crippen LogP contribution in [0.5, 0.6) is 5.75 Å². The van der Waals surface area contributed by atoms with E-state index in [1.54, 1.807) is 7.11 Å². The number of hydrogen-bond acceptors (Lipinski definition) is 3. The van der Waals surface area contributed by atoms with E-state index in [0.717, 1.165) is 16.6 Å². The molecule has 1 aromatic rings. The Hall–Kier alpha value is -0.100. The molecule has 0 fully saturated rings. The molecule has 0 aromatic heterocycles. The van der Waals surface area contributed by atoms with Gasteiger partial charge in [0.2, 0.25) is 0 Å². The Morgan fingerprint density at radius 3 is 2.75 bits per heavy atom. The highest BCUT2D eigenvalue weighted by molar-refractivity contribution is 9.11. The first-order valence-electron chi connectivity index (χ1n) is 4.96. The monoisotopic (exact) mass is 351 g/mol. The Balaban J connectivity index is 2.78. The van der Waals surface area contributed by atoms with Crippen molar-refractivity contribution in [2.75, 3.05) is 20.3 Å². The molecule has 0 saturated carbocycles. The molecule has 3 nitrogen and oxygen atoms in total. The summed E-state index contributed by atoms with van der Waals surface area (Å²) < 4.78 is 6.59. The van der Waals surface area contributed by atoms with Crippen molar-refractivity contribution < 1.29 is 9.84 Å². The second kappa shape index (κ2) is 6.59. The fourth-order valence-electron chi connectivity index (χ4n) is 1.40. The lowest BCUT2D eigenvalue weighted by molar-refractivity contribution is 0.196. The Bertz CT molecular complexity index is 358. The molecule has 1 rings (SSSR count). The maximum atomic E-state index is 9.91. The van der Waals surface area contributed by atoms with Gasteiger partial charge in [0.05, 0.1) is 11.1 Å². The summed E-state index contributed by atoms with van der Waals surface area (Å²) in [6.45, 7) is 3.41. The zero-order valence-electron chi connectivity index (χ0n) is 9.26. The predicted octanol–water partition coefficient (Wildman–Crippen LogP) is 3.21. The summed E-state index contributed by atoms with van der Waals surface area (Å²) in [5.74, 6) is 0.278. The number of phenols is 1. The van der Waals surface area contributed by atoms with E-state index in [9.17, 15) is 5.11 Å². The number of aromatic hydroxyl groups is 1. The van der Waals surface area contributed by atoms with Crippen molar-refractivity contribution in [3.63, 3.8) is 0 Å². The Morgan fingerprint density at radius 2 is 2.12 bits per heavy atom. The molecule has 0 spiro atoms. The number of halogens is 2. The van der Waals surface area contributed by atoms with Gasteiger partial charge in [-0.05, 0) is 35.0 Å². The van der Waals surface area contributed by atoms with Crippen LogP contribution in [0, 0.1) is 0 Å². The summed E-state index contributed by atoms with van der Waals surface area (Å²) in [5, 5.41) is 13.2. The van der Waals surface area contributed by atoms with Crippen LogP contribution in [0.4, 0.5) is 0 Å². The molecule has 1 unspecified atom stereocenters. The average Bonchev–Trinajstić information content (AvgIpc) is 2.23. The summed E-state index contributed by atoms with van der Waals surface area (Å²) in [5.41, 5.74) is 0.859. The third-order valence-corrected chi connectivity index (χ3v) is 3.34. The van der Waals surface area contributed by atoms with E-state index in [4.69, 9.17) is 4.74 Å². The minimum absolute atomic E-state index is 0.0731. The smallest absolute Gasteiger partial charge is 0.134 e. The van der Waals surface area contributed by atoms with Gasteiger partial charge in [-0.15, -0.1) is 0 Å². The Kier molecular flexibility index (Phi) is 5.75. The maximum Gasteiger partial charge on any atom is 0.134 e. The highest BCUT2D eigenvalue weighted by Gasteiger charge is 2.13. The first kappa shape index (κ1) is 14.0. The minimum atomic E-state index is 0.0731. The summed E-state index contributed by atoms with van der Waals surface area (Å²) >= 11 is 6.72. The zero-order chi connectivity index (χ0) is 12.1. The molecule has 0 saturated heterocycles. The number of phenolic OH excluding ortho intramolecular Hbond substituents is 1. The maximum absolute atomic E-state index is 9.91. The van der Waals surface area contributed by atoms with E-state index >= 15 is 0 Å². The summed E-state index contributed by atoms with van der Waals surface area (Å²) in [6.07, 6.45) is 0. The van der Waals surface area contributed by atoms with Crippen LogP contribution in [-0.2, 0) is 4.74 Å². The van der Waals surface area contributed by atoms with Crippen molar-refractivity contribution in [3.05, 3.63) is 26.6 Å². The molecule has 1 atom stereocenters. The largest absolute Gasteiger partial charge is 0.506 e. The van der Waals surface area contributed by atoms with Gasteiger partial charge < -0.3 is 15.2 Å². The van der Waals surface area contributed by atoms with Crippen molar-refractivity contribution in [1.29, 1.82) is 0 Å². The summed E-state index contributed by atoms with van der Waals surface area (Å²) in [6, 6.07) is 3.80. The lowest BCUT2D eigenvalue weighted by Crippen LogP contribution is -2.22.